The average molecular weight is 209 g/mol. The average Bonchev–Trinajstić information content (AvgIpc) is 2.20. The van der Waals surface area contributed by atoms with Crippen LogP contribution >= 0.6 is 0 Å². The molecule has 15 heavy (non-hydrogen) atoms. The van der Waals surface area contributed by atoms with Gasteiger partial charge in [-0.15, -0.1) is 0 Å². The van der Waals surface area contributed by atoms with Crippen molar-refractivity contribution in [3.63, 3.8) is 0 Å². The van der Waals surface area contributed by atoms with Gasteiger partial charge in [0.05, 0.1) is 11.1 Å². The molecule has 0 aliphatic heterocycles. The van der Waals surface area contributed by atoms with Crippen LogP contribution in [0.1, 0.15) is 36.2 Å². The minimum atomic E-state index is -0.991. The van der Waals surface area contributed by atoms with Gasteiger partial charge in [-0.3, -0.25) is 4.79 Å². The molecular formula is C12H16FNO. The Bertz CT molecular complexity index is 385. The van der Waals surface area contributed by atoms with E-state index < -0.39 is 11.4 Å². The largest absolute Gasteiger partial charge is 0.319 e. The van der Waals surface area contributed by atoms with Gasteiger partial charge in [0.1, 0.15) is 5.82 Å². The first-order valence-electron chi connectivity index (χ1n) is 4.98. The van der Waals surface area contributed by atoms with Crippen LogP contribution in [0.25, 0.3) is 0 Å². The molecule has 0 aromatic heterocycles. The lowest BCUT2D eigenvalue weighted by Gasteiger charge is -2.21. The van der Waals surface area contributed by atoms with Gasteiger partial charge < -0.3 is 5.73 Å². The summed E-state index contributed by atoms with van der Waals surface area (Å²) >= 11 is 0. The quantitative estimate of drug-likeness (QED) is 0.777. The Kier molecular flexibility index (Phi) is 3.25. The van der Waals surface area contributed by atoms with Crippen LogP contribution < -0.4 is 5.73 Å². The summed E-state index contributed by atoms with van der Waals surface area (Å²) in [6, 6.07) is 4.47. The molecule has 82 valence electrons. The molecule has 1 aromatic rings. The van der Waals surface area contributed by atoms with Crippen LogP contribution in [-0.4, -0.2) is 11.3 Å². The van der Waals surface area contributed by atoms with E-state index in [9.17, 15) is 9.18 Å². The molecule has 0 saturated heterocycles. The number of carbonyl (C=O) groups excluding carboxylic acids is 1. The summed E-state index contributed by atoms with van der Waals surface area (Å²) in [5, 5.41) is 0. The van der Waals surface area contributed by atoms with Crippen molar-refractivity contribution in [3.05, 3.63) is 35.1 Å². The molecule has 1 rings (SSSR count). The zero-order valence-electron chi connectivity index (χ0n) is 9.30. The summed E-state index contributed by atoms with van der Waals surface area (Å²) in [7, 11) is 0. The molecule has 2 nitrogen and oxygen atoms in total. The first-order chi connectivity index (χ1) is 6.88. The second-order valence-corrected chi connectivity index (χ2v) is 4.08. The number of aryl methyl sites for hydroxylation is 1. The van der Waals surface area contributed by atoms with Gasteiger partial charge in [-0.2, -0.15) is 0 Å². The summed E-state index contributed by atoms with van der Waals surface area (Å²) in [6.07, 6.45) is 0.485. The Morgan fingerprint density at radius 2 is 2.13 bits per heavy atom. The Balaban J connectivity index is 3.17. The number of nitrogens with two attached hydrogens (primary N) is 1. The van der Waals surface area contributed by atoms with Crippen molar-refractivity contribution in [1.82, 2.24) is 0 Å². The standard InChI is InChI=1S/C12H16FNO/c1-4-12(3,14)11(15)9-7-8(2)5-6-10(9)13/h5-7H,4,14H2,1-3H3. The number of carbonyl (C=O) groups is 1. The maximum Gasteiger partial charge on any atom is 0.185 e. The zero-order valence-corrected chi connectivity index (χ0v) is 9.30. The Hall–Kier alpha value is -1.22. The van der Waals surface area contributed by atoms with Crippen molar-refractivity contribution in [1.29, 1.82) is 0 Å². The number of halogens is 1. The fraction of sp³-hybridized carbons (Fsp3) is 0.417. The normalized spacial score (nSPS) is 14.7. The van der Waals surface area contributed by atoms with E-state index in [-0.39, 0.29) is 11.3 Å². The highest BCUT2D eigenvalue weighted by Gasteiger charge is 2.29. The number of hydrogen-bond acceptors (Lipinski definition) is 2. The molecular weight excluding hydrogens is 193 g/mol. The summed E-state index contributed by atoms with van der Waals surface area (Å²) < 4.78 is 13.4. The first-order valence-corrected chi connectivity index (χ1v) is 4.98. The number of rotatable bonds is 3. The topological polar surface area (TPSA) is 43.1 Å². The molecule has 0 aliphatic rings. The van der Waals surface area contributed by atoms with Crippen LogP contribution in [0.5, 0.6) is 0 Å². The lowest BCUT2D eigenvalue weighted by molar-refractivity contribution is 0.0893. The van der Waals surface area contributed by atoms with Crippen molar-refractivity contribution in [3.8, 4) is 0 Å². The van der Waals surface area contributed by atoms with E-state index in [1.807, 2.05) is 13.8 Å². The summed E-state index contributed by atoms with van der Waals surface area (Å²) in [4.78, 5) is 11.9. The maximum absolute atomic E-state index is 13.4. The van der Waals surface area contributed by atoms with Crippen LogP contribution in [0.3, 0.4) is 0 Å². The van der Waals surface area contributed by atoms with Gasteiger partial charge in [0.2, 0.25) is 0 Å². The minimum absolute atomic E-state index is 0.0850. The molecule has 0 spiro atoms. The van der Waals surface area contributed by atoms with Crippen LogP contribution in [0, 0.1) is 12.7 Å². The van der Waals surface area contributed by atoms with Gasteiger partial charge >= 0.3 is 0 Å². The van der Waals surface area contributed by atoms with Gasteiger partial charge in [0.15, 0.2) is 5.78 Å². The summed E-state index contributed by atoms with van der Waals surface area (Å²) in [5.74, 6) is -0.845. The van der Waals surface area contributed by atoms with E-state index in [2.05, 4.69) is 0 Å². The molecule has 0 fully saturated rings. The molecule has 2 N–H and O–H groups in total. The third-order valence-electron chi connectivity index (χ3n) is 2.62. The Morgan fingerprint density at radius 3 is 2.67 bits per heavy atom. The molecule has 0 aliphatic carbocycles. The van der Waals surface area contributed by atoms with Gasteiger partial charge in [0, 0.05) is 0 Å². The highest BCUT2D eigenvalue weighted by Crippen LogP contribution is 2.18. The second-order valence-electron chi connectivity index (χ2n) is 4.08. The minimum Gasteiger partial charge on any atom is -0.319 e. The number of Topliss-reactive ketones (excluding diaryl/α,β-unsaturated/α-hetero) is 1. The first kappa shape index (κ1) is 11.9. The number of hydrogen-bond donors (Lipinski definition) is 1. The molecule has 0 saturated carbocycles. The van der Waals surface area contributed by atoms with E-state index in [4.69, 9.17) is 5.73 Å². The molecule has 1 atom stereocenters. The fourth-order valence-corrected chi connectivity index (χ4v) is 1.28. The molecule has 0 radical (unpaired) electrons. The molecule has 3 heteroatoms. The number of benzene rings is 1. The molecule has 1 aromatic carbocycles. The van der Waals surface area contributed by atoms with E-state index in [0.717, 1.165) is 5.56 Å². The molecule has 1 unspecified atom stereocenters. The molecule has 0 bridgehead atoms. The van der Waals surface area contributed by atoms with Crippen LogP contribution in [0.2, 0.25) is 0 Å². The summed E-state index contributed by atoms with van der Waals surface area (Å²) in [6.45, 7) is 5.25. The lowest BCUT2D eigenvalue weighted by Crippen LogP contribution is -2.44. The van der Waals surface area contributed by atoms with E-state index in [1.165, 1.54) is 6.07 Å². The fourth-order valence-electron chi connectivity index (χ4n) is 1.28. The van der Waals surface area contributed by atoms with Crippen LogP contribution in [0.4, 0.5) is 4.39 Å². The van der Waals surface area contributed by atoms with Gasteiger partial charge in [0.25, 0.3) is 0 Å². The van der Waals surface area contributed by atoms with Crippen molar-refractivity contribution in [2.24, 2.45) is 5.73 Å². The SMILES string of the molecule is CCC(C)(N)C(=O)c1cc(C)ccc1F. The second kappa shape index (κ2) is 4.11. The monoisotopic (exact) mass is 209 g/mol. The Labute approximate surface area is 89.3 Å². The van der Waals surface area contributed by atoms with E-state index in [1.54, 1.807) is 19.1 Å². The number of ketones is 1. The third-order valence-corrected chi connectivity index (χ3v) is 2.62. The van der Waals surface area contributed by atoms with Gasteiger partial charge in [-0.25, -0.2) is 4.39 Å². The van der Waals surface area contributed by atoms with Crippen molar-refractivity contribution in [2.75, 3.05) is 0 Å². The van der Waals surface area contributed by atoms with Gasteiger partial charge in [-0.05, 0) is 32.4 Å². The molecule has 0 amide bonds. The highest BCUT2D eigenvalue weighted by molar-refractivity contribution is 6.03. The van der Waals surface area contributed by atoms with Crippen molar-refractivity contribution >= 4 is 5.78 Å². The van der Waals surface area contributed by atoms with Crippen LogP contribution in [-0.2, 0) is 0 Å². The lowest BCUT2D eigenvalue weighted by atomic mass is 9.89. The molecule has 0 heterocycles. The predicted octanol–water partition coefficient (Wildman–Crippen LogP) is 2.44. The van der Waals surface area contributed by atoms with Crippen molar-refractivity contribution in [2.45, 2.75) is 32.7 Å². The smallest absolute Gasteiger partial charge is 0.185 e. The highest BCUT2D eigenvalue weighted by atomic mass is 19.1. The van der Waals surface area contributed by atoms with Crippen LogP contribution in [0.15, 0.2) is 18.2 Å². The van der Waals surface area contributed by atoms with Gasteiger partial charge in [-0.1, -0.05) is 18.6 Å². The van der Waals surface area contributed by atoms with E-state index in [0.29, 0.717) is 6.42 Å². The van der Waals surface area contributed by atoms with E-state index >= 15 is 0 Å². The van der Waals surface area contributed by atoms with Crippen molar-refractivity contribution < 1.29 is 9.18 Å². The third kappa shape index (κ3) is 2.42. The summed E-state index contributed by atoms with van der Waals surface area (Å²) in [5.41, 5.74) is 5.74. The Morgan fingerprint density at radius 1 is 1.53 bits per heavy atom. The predicted molar refractivity (Wildman–Crippen MR) is 58.4 cm³/mol. The zero-order chi connectivity index (χ0) is 11.6. The maximum atomic E-state index is 13.4.